The zero-order valence-corrected chi connectivity index (χ0v) is 18.0. The van der Waals surface area contributed by atoms with Crippen molar-refractivity contribution in [3.63, 3.8) is 0 Å². The minimum absolute atomic E-state index is 0.265. The van der Waals surface area contributed by atoms with Crippen molar-refractivity contribution in [3.05, 3.63) is 53.6 Å². The van der Waals surface area contributed by atoms with E-state index >= 15 is 0 Å². The Balaban J connectivity index is 1.67. The van der Waals surface area contributed by atoms with Crippen LogP contribution in [-0.2, 0) is 4.79 Å². The Morgan fingerprint density at radius 1 is 1.07 bits per heavy atom. The van der Waals surface area contributed by atoms with Crippen LogP contribution in [0.15, 0.2) is 42.5 Å². The first-order chi connectivity index (χ1) is 13.9. The van der Waals surface area contributed by atoms with E-state index in [1.165, 1.54) is 11.3 Å². The summed E-state index contributed by atoms with van der Waals surface area (Å²) in [5.74, 6) is 1.54. The molecule has 1 N–H and O–H groups in total. The van der Waals surface area contributed by atoms with E-state index in [4.69, 9.17) is 9.47 Å². The van der Waals surface area contributed by atoms with Crippen molar-refractivity contribution in [2.45, 2.75) is 39.7 Å². The van der Waals surface area contributed by atoms with Crippen molar-refractivity contribution < 1.29 is 14.3 Å². The molecule has 0 aliphatic carbocycles. The molecule has 0 radical (unpaired) electrons. The number of nitrogens with one attached hydrogen (secondary N) is 1. The highest BCUT2D eigenvalue weighted by molar-refractivity contribution is 7.18. The SMILES string of the molecule is COc1ccc(-c2nnc(NC(=O)[C@H](C)Oc3cc(C)ccc3C(C)C)s2)cc1. The maximum Gasteiger partial charge on any atom is 0.266 e. The Kier molecular flexibility index (Phi) is 6.49. The van der Waals surface area contributed by atoms with Crippen LogP contribution >= 0.6 is 11.3 Å². The molecule has 1 atom stereocenters. The second-order valence-electron chi connectivity index (χ2n) is 7.09. The summed E-state index contributed by atoms with van der Waals surface area (Å²) < 4.78 is 11.1. The van der Waals surface area contributed by atoms with E-state index < -0.39 is 6.10 Å². The molecule has 152 valence electrons. The van der Waals surface area contributed by atoms with E-state index in [0.717, 1.165) is 33.2 Å². The number of hydrogen-bond donors (Lipinski definition) is 1. The van der Waals surface area contributed by atoms with Gasteiger partial charge in [0.1, 0.15) is 16.5 Å². The van der Waals surface area contributed by atoms with Crippen molar-refractivity contribution in [3.8, 4) is 22.1 Å². The summed E-state index contributed by atoms with van der Waals surface area (Å²) >= 11 is 1.31. The second-order valence-corrected chi connectivity index (χ2v) is 8.06. The first-order valence-electron chi connectivity index (χ1n) is 9.43. The van der Waals surface area contributed by atoms with Crippen LogP contribution in [0.3, 0.4) is 0 Å². The second kappa shape index (κ2) is 9.05. The fourth-order valence-corrected chi connectivity index (χ4v) is 3.55. The average molecular weight is 412 g/mol. The Morgan fingerprint density at radius 2 is 1.79 bits per heavy atom. The predicted molar refractivity (Wildman–Crippen MR) is 116 cm³/mol. The molecule has 0 saturated carbocycles. The van der Waals surface area contributed by atoms with E-state index in [9.17, 15) is 4.79 Å². The number of rotatable bonds is 7. The van der Waals surface area contributed by atoms with E-state index in [1.807, 2.05) is 43.3 Å². The molecule has 0 aliphatic heterocycles. The quantitative estimate of drug-likeness (QED) is 0.589. The van der Waals surface area contributed by atoms with Gasteiger partial charge in [-0.1, -0.05) is 37.3 Å². The van der Waals surface area contributed by atoms with Gasteiger partial charge in [0.25, 0.3) is 5.91 Å². The first-order valence-corrected chi connectivity index (χ1v) is 10.2. The van der Waals surface area contributed by atoms with Crippen LogP contribution in [0.25, 0.3) is 10.6 Å². The number of aryl methyl sites for hydroxylation is 1. The topological polar surface area (TPSA) is 73.3 Å². The minimum atomic E-state index is -0.664. The lowest BCUT2D eigenvalue weighted by Gasteiger charge is -2.18. The normalized spacial score (nSPS) is 11.9. The molecule has 6 nitrogen and oxygen atoms in total. The van der Waals surface area contributed by atoms with Gasteiger partial charge < -0.3 is 9.47 Å². The fraction of sp³-hybridized carbons (Fsp3) is 0.318. The highest BCUT2D eigenvalue weighted by Crippen LogP contribution is 2.30. The molecule has 3 rings (SSSR count). The van der Waals surface area contributed by atoms with E-state index in [-0.39, 0.29) is 5.91 Å². The van der Waals surface area contributed by atoms with Crippen LogP contribution < -0.4 is 14.8 Å². The van der Waals surface area contributed by atoms with Gasteiger partial charge in [-0.15, -0.1) is 10.2 Å². The lowest BCUT2D eigenvalue weighted by Crippen LogP contribution is -2.30. The molecule has 0 bridgehead atoms. The number of nitrogens with zero attached hydrogens (tertiary/aromatic N) is 2. The molecule has 1 amide bonds. The van der Waals surface area contributed by atoms with Crippen LogP contribution in [0.2, 0.25) is 0 Å². The van der Waals surface area contributed by atoms with Gasteiger partial charge in [0, 0.05) is 5.56 Å². The average Bonchev–Trinajstić information content (AvgIpc) is 3.16. The lowest BCUT2D eigenvalue weighted by atomic mass is 10.0. The fourth-order valence-electron chi connectivity index (χ4n) is 2.80. The lowest BCUT2D eigenvalue weighted by molar-refractivity contribution is -0.122. The summed E-state index contributed by atoms with van der Waals surface area (Å²) in [7, 11) is 1.62. The van der Waals surface area contributed by atoms with Gasteiger partial charge in [0.2, 0.25) is 5.13 Å². The first kappa shape index (κ1) is 20.8. The standard InChI is InChI=1S/C22H25N3O3S/c1-13(2)18-11-6-14(3)12-19(18)28-15(4)20(26)23-22-25-24-21(29-22)16-7-9-17(27-5)10-8-16/h6-13,15H,1-5H3,(H,23,25,26)/t15-/m0/s1. The minimum Gasteiger partial charge on any atom is -0.497 e. The molecular formula is C22H25N3O3S. The summed E-state index contributed by atoms with van der Waals surface area (Å²) in [5.41, 5.74) is 3.08. The maximum atomic E-state index is 12.6. The molecular weight excluding hydrogens is 386 g/mol. The Bertz CT molecular complexity index is 983. The molecule has 0 saturated heterocycles. The third-order valence-corrected chi connectivity index (χ3v) is 5.34. The summed E-state index contributed by atoms with van der Waals surface area (Å²) in [4.78, 5) is 12.6. The van der Waals surface area contributed by atoms with Crippen molar-refractivity contribution in [2.24, 2.45) is 0 Å². The van der Waals surface area contributed by atoms with Crippen LogP contribution in [0, 0.1) is 6.92 Å². The number of methoxy groups -OCH3 is 1. The number of anilines is 1. The largest absolute Gasteiger partial charge is 0.497 e. The molecule has 7 heteroatoms. The Hall–Kier alpha value is -2.93. The van der Waals surface area contributed by atoms with Gasteiger partial charge in [-0.2, -0.15) is 0 Å². The summed E-state index contributed by atoms with van der Waals surface area (Å²) in [6.07, 6.45) is -0.664. The molecule has 0 aliphatic rings. The van der Waals surface area contributed by atoms with Crippen LogP contribution in [0.5, 0.6) is 11.5 Å². The molecule has 3 aromatic rings. The highest BCUT2D eigenvalue weighted by atomic mass is 32.1. The van der Waals surface area contributed by atoms with Crippen LogP contribution in [0.1, 0.15) is 37.8 Å². The van der Waals surface area contributed by atoms with Crippen LogP contribution in [0.4, 0.5) is 5.13 Å². The number of hydrogen-bond acceptors (Lipinski definition) is 6. The van der Waals surface area contributed by atoms with Gasteiger partial charge >= 0.3 is 0 Å². The van der Waals surface area contributed by atoms with Gasteiger partial charge in [0.15, 0.2) is 6.10 Å². The number of amides is 1. The van der Waals surface area contributed by atoms with Crippen molar-refractivity contribution >= 4 is 22.4 Å². The molecule has 29 heavy (non-hydrogen) atoms. The molecule has 1 aromatic heterocycles. The Morgan fingerprint density at radius 3 is 2.45 bits per heavy atom. The molecule has 0 spiro atoms. The van der Waals surface area contributed by atoms with E-state index in [2.05, 4.69) is 35.4 Å². The molecule has 0 unspecified atom stereocenters. The third kappa shape index (κ3) is 5.12. The monoisotopic (exact) mass is 411 g/mol. The number of carbonyl (C=O) groups is 1. The van der Waals surface area contributed by atoms with E-state index in [0.29, 0.717) is 11.0 Å². The Labute approximate surface area is 174 Å². The number of benzene rings is 2. The van der Waals surface area contributed by atoms with Crippen molar-refractivity contribution in [1.82, 2.24) is 10.2 Å². The zero-order chi connectivity index (χ0) is 21.0. The third-order valence-electron chi connectivity index (χ3n) is 4.46. The summed E-state index contributed by atoms with van der Waals surface area (Å²) in [6, 6.07) is 13.6. The van der Waals surface area contributed by atoms with Gasteiger partial charge in [-0.25, -0.2) is 0 Å². The van der Waals surface area contributed by atoms with E-state index in [1.54, 1.807) is 14.0 Å². The maximum absolute atomic E-state index is 12.6. The molecule has 1 heterocycles. The van der Waals surface area contributed by atoms with Crippen molar-refractivity contribution in [2.75, 3.05) is 12.4 Å². The molecule has 0 fully saturated rings. The summed E-state index contributed by atoms with van der Waals surface area (Å²) in [6.45, 7) is 7.94. The van der Waals surface area contributed by atoms with Gasteiger partial charge in [-0.05, 0) is 61.2 Å². The zero-order valence-electron chi connectivity index (χ0n) is 17.2. The smallest absolute Gasteiger partial charge is 0.266 e. The predicted octanol–water partition coefficient (Wildman–Crippen LogP) is 5.05. The number of aromatic nitrogens is 2. The van der Waals surface area contributed by atoms with Crippen molar-refractivity contribution in [1.29, 1.82) is 0 Å². The number of carbonyl (C=O) groups excluding carboxylic acids is 1. The van der Waals surface area contributed by atoms with Gasteiger partial charge in [0.05, 0.1) is 7.11 Å². The number of ether oxygens (including phenoxy) is 2. The highest BCUT2D eigenvalue weighted by Gasteiger charge is 2.19. The van der Waals surface area contributed by atoms with Crippen LogP contribution in [-0.4, -0.2) is 29.3 Å². The summed E-state index contributed by atoms with van der Waals surface area (Å²) in [5, 5.41) is 12.2. The molecule has 2 aromatic carbocycles. The van der Waals surface area contributed by atoms with Gasteiger partial charge in [-0.3, -0.25) is 10.1 Å².